The Labute approximate surface area is 129 Å². The molecule has 2 rings (SSSR count). The standard InChI is InChI=1S/C17H21NO2S/c1-10(2)12-5-7-13(8-6-12)14-9-21-16(18)15(14)17(19)20-11(3)4/h5-11H,18H2,1-4H3. The molecular weight excluding hydrogens is 282 g/mol. The predicted molar refractivity (Wildman–Crippen MR) is 88.8 cm³/mol. The average molecular weight is 303 g/mol. The molecule has 0 spiro atoms. The smallest absolute Gasteiger partial charge is 0.342 e. The molecule has 0 atom stereocenters. The zero-order valence-electron chi connectivity index (χ0n) is 12.8. The third-order valence-corrected chi connectivity index (χ3v) is 4.07. The Hall–Kier alpha value is -1.81. The monoisotopic (exact) mass is 303 g/mol. The van der Waals surface area contributed by atoms with E-state index in [2.05, 4.69) is 26.0 Å². The number of ether oxygens (including phenoxy) is 1. The number of carbonyl (C=O) groups is 1. The Bertz CT molecular complexity index is 627. The van der Waals surface area contributed by atoms with Crippen LogP contribution in [0.1, 0.15) is 49.5 Å². The van der Waals surface area contributed by atoms with Crippen molar-refractivity contribution in [3.63, 3.8) is 0 Å². The summed E-state index contributed by atoms with van der Waals surface area (Å²) in [4.78, 5) is 12.2. The molecule has 21 heavy (non-hydrogen) atoms. The quantitative estimate of drug-likeness (QED) is 0.834. The predicted octanol–water partition coefficient (Wildman–Crippen LogP) is 4.69. The van der Waals surface area contributed by atoms with Gasteiger partial charge in [0.1, 0.15) is 10.6 Å². The highest BCUT2D eigenvalue weighted by molar-refractivity contribution is 7.14. The summed E-state index contributed by atoms with van der Waals surface area (Å²) in [5.74, 6) is 0.128. The molecule has 1 aromatic carbocycles. The lowest BCUT2D eigenvalue weighted by Crippen LogP contribution is -2.13. The van der Waals surface area contributed by atoms with Crippen LogP contribution in [0.15, 0.2) is 29.6 Å². The summed E-state index contributed by atoms with van der Waals surface area (Å²) < 4.78 is 5.29. The second-order valence-electron chi connectivity index (χ2n) is 5.62. The number of hydrogen-bond donors (Lipinski definition) is 1. The van der Waals surface area contributed by atoms with Crippen LogP contribution in [0.4, 0.5) is 5.00 Å². The number of anilines is 1. The van der Waals surface area contributed by atoms with Crippen molar-refractivity contribution in [3.8, 4) is 11.1 Å². The van der Waals surface area contributed by atoms with Crippen LogP contribution in [0.25, 0.3) is 11.1 Å². The third-order valence-electron chi connectivity index (χ3n) is 3.25. The van der Waals surface area contributed by atoms with Crippen molar-refractivity contribution in [1.29, 1.82) is 0 Å². The summed E-state index contributed by atoms with van der Waals surface area (Å²) in [5, 5.41) is 2.42. The lowest BCUT2D eigenvalue weighted by atomic mass is 9.98. The Morgan fingerprint density at radius 3 is 2.29 bits per heavy atom. The molecule has 4 heteroatoms. The molecule has 3 nitrogen and oxygen atoms in total. The second kappa shape index (κ2) is 6.31. The summed E-state index contributed by atoms with van der Waals surface area (Å²) >= 11 is 1.37. The second-order valence-corrected chi connectivity index (χ2v) is 6.53. The van der Waals surface area contributed by atoms with E-state index in [9.17, 15) is 4.79 Å². The van der Waals surface area contributed by atoms with Crippen LogP contribution in [-0.2, 0) is 4.74 Å². The minimum atomic E-state index is -0.355. The normalized spacial score (nSPS) is 11.1. The molecule has 0 fully saturated rings. The van der Waals surface area contributed by atoms with Gasteiger partial charge in [0.05, 0.1) is 6.10 Å². The van der Waals surface area contributed by atoms with Crippen LogP contribution in [0.2, 0.25) is 0 Å². The first kappa shape index (κ1) is 15.6. The maximum Gasteiger partial charge on any atom is 0.342 e. The number of nitrogen functional groups attached to an aromatic ring is 1. The SMILES string of the molecule is CC(C)OC(=O)c1c(-c2ccc(C(C)C)cc2)csc1N. The molecule has 0 unspecified atom stereocenters. The van der Waals surface area contributed by atoms with Gasteiger partial charge in [-0.2, -0.15) is 0 Å². The molecule has 0 saturated carbocycles. The minimum Gasteiger partial charge on any atom is -0.459 e. The zero-order valence-corrected chi connectivity index (χ0v) is 13.7. The zero-order chi connectivity index (χ0) is 15.6. The van der Waals surface area contributed by atoms with Gasteiger partial charge in [0, 0.05) is 10.9 Å². The molecule has 112 valence electrons. The van der Waals surface area contributed by atoms with Crippen LogP contribution in [-0.4, -0.2) is 12.1 Å². The van der Waals surface area contributed by atoms with Gasteiger partial charge in [-0.25, -0.2) is 4.79 Å². The largest absolute Gasteiger partial charge is 0.459 e. The molecule has 0 aliphatic carbocycles. The number of thiophene rings is 1. The molecule has 0 saturated heterocycles. The highest BCUT2D eigenvalue weighted by Crippen LogP contribution is 2.34. The maximum atomic E-state index is 12.2. The van der Waals surface area contributed by atoms with Crippen molar-refractivity contribution in [1.82, 2.24) is 0 Å². The molecule has 0 amide bonds. The molecule has 0 radical (unpaired) electrons. The molecule has 0 aliphatic rings. The van der Waals surface area contributed by atoms with Gasteiger partial charge in [-0.15, -0.1) is 11.3 Å². The van der Waals surface area contributed by atoms with Crippen LogP contribution in [0.5, 0.6) is 0 Å². The fourth-order valence-corrected chi connectivity index (χ4v) is 2.93. The van der Waals surface area contributed by atoms with Crippen molar-refractivity contribution in [3.05, 3.63) is 40.8 Å². The van der Waals surface area contributed by atoms with Gasteiger partial charge < -0.3 is 10.5 Å². The Morgan fingerprint density at radius 2 is 1.76 bits per heavy atom. The molecule has 2 aromatic rings. The molecule has 0 bridgehead atoms. The molecule has 2 N–H and O–H groups in total. The van der Waals surface area contributed by atoms with Gasteiger partial charge in [-0.3, -0.25) is 0 Å². The van der Waals surface area contributed by atoms with Gasteiger partial charge in [0.25, 0.3) is 0 Å². The van der Waals surface area contributed by atoms with E-state index >= 15 is 0 Å². The van der Waals surface area contributed by atoms with E-state index in [1.54, 1.807) is 0 Å². The summed E-state index contributed by atoms with van der Waals surface area (Å²) in [6.45, 7) is 7.97. The summed E-state index contributed by atoms with van der Waals surface area (Å²) in [5.41, 5.74) is 9.54. The topological polar surface area (TPSA) is 52.3 Å². The van der Waals surface area contributed by atoms with E-state index in [0.717, 1.165) is 11.1 Å². The Kier molecular flexibility index (Phi) is 4.68. The lowest BCUT2D eigenvalue weighted by Gasteiger charge is -2.10. The highest BCUT2D eigenvalue weighted by Gasteiger charge is 2.20. The van der Waals surface area contributed by atoms with Gasteiger partial charge in [-0.05, 0) is 30.9 Å². The summed E-state index contributed by atoms with van der Waals surface area (Å²) in [7, 11) is 0. The maximum absolute atomic E-state index is 12.2. The molecule has 1 aromatic heterocycles. The Balaban J connectivity index is 2.38. The molecule has 0 aliphatic heterocycles. The van der Waals surface area contributed by atoms with Crippen LogP contribution < -0.4 is 5.73 Å². The first-order valence-electron chi connectivity index (χ1n) is 7.08. The first-order chi connectivity index (χ1) is 9.90. The van der Waals surface area contributed by atoms with Gasteiger partial charge >= 0.3 is 5.97 Å². The van der Waals surface area contributed by atoms with Crippen molar-refractivity contribution in [2.45, 2.75) is 39.7 Å². The van der Waals surface area contributed by atoms with Crippen molar-refractivity contribution in [2.24, 2.45) is 0 Å². The average Bonchev–Trinajstić information content (AvgIpc) is 2.80. The van der Waals surface area contributed by atoms with E-state index in [1.807, 2.05) is 31.4 Å². The fraction of sp³-hybridized carbons (Fsp3) is 0.353. The number of hydrogen-bond acceptors (Lipinski definition) is 4. The first-order valence-corrected chi connectivity index (χ1v) is 7.96. The Morgan fingerprint density at radius 1 is 1.14 bits per heavy atom. The number of rotatable bonds is 4. The van der Waals surface area contributed by atoms with Crippen molar-refractivity contribution in [2.75, 3.05) is 5.73 Å². The summed E-state index contributed by atoms with van der Waals surface area (Å²) in [6.07, 6.45) is -0.159. The fourth-order valence-electron chi connectivity index (χ4n) is 2.12. The van der Waals surface area contributed by atoms with E-state index < -0.39 is 0 Å². The summed E-state index contributed by atoms with van der Waals surface area (Å²) in [6, 6.07) is 8.24. The van der Waals surface area contributed by atoms with Gasteiger partial charge in [-0.1, -0.05) is 38.1 Å². The number of benzene rings is 1. The van der Waals surface area contributed by atoms with Crippen LogP contribution in [0, 0.1) is 0 Å². The van der Waals surface area contributed by atoms with Gasteiger partial charge in [0.2, 0.25) is 0 Å². The van der Waals surface area contributed by atoms with E-state index in [-0.39, 0.29) is 12.1 Å². The molecule has 1 heterocycles. The lowest BCUT2D eigenvalue weighted by molar-refractivity contribution is 0.0380. The van der Waals surface area contributed by atoms with Crippen molar-refractivity contribution < 1.29 is 9.53 Å². The minimum absolute atomic E-state index is 0.159. The number of esters is 1. The van der Waals surface area contributed by atoms with Gasteiger partial charge in [0.15, 0.2) is 0 Å². The van der Waals surface area contributed by atoms with Crippen LogP contribution in [0.3, 0.4) is 0 Å². The number of nitrogens with two attached hydrogens (primary N) is 1. The number of carbonyl (C=O) groups excluding carboxylic acids is 1. The molecular formula is C17H21NO2S. The highest BCUT2D eigenvalue weighted by atomic mass is 32.1. The van der Waals surface area contributed by atoms with E-state index in [1.165, 1.54) is 16.9 Å². The van der Waals surface area contributed by atoms with Crippen molar-refractivity contribution >= 4 is 22.3 Å². The van der Waals surface area contributed by atoms with E-state index in [4.69, 9.17) is 10.5 Å². The van der Waals surface area contributed by atoms with E-state index in [0.29, 0.717) is 16.5 Å². The third kappa shape index (κ3) is 3.45. The van der Waals surface area contributed by atoms with Crippen LogP contribution >= 0.6 is 11.3 Å².